The van der Waals surface area contributed by atoms with Crippen molar-refractivity contribution in [3.05, 3.63) is 35.6 Å². The van der Waals surface area contributed by atoms with Crippen LogP contribution in [0.25, 0.3) is 0 Å². The van der Waals surface area contributed by atoms with Crippen molar-refractivity contribution < 1.29 is 4.39 Å². The Morgan fingerprint density at radius 3 is 2.58 bits per heavy atom. The van der Waals surface area contributed by atoms with Crippen LogP contribution >= 0.6 is 11.8 Å². The zero-order chi connectivity index (χ0) is 13.9. The van der Waals surface area contributed by atoms with Crippen molar-refractivity contribution in [2.45, 2.75) is 45.1 Å². The van der Waals surface area contributed by atoms with Crippen molar-refractivity contribution in [1.82, 2.24) is 5.32 Å². The smallest absolute Gasteiger partial charge is 0.127 e. The van der Waals surface area contributed by atoms with E-state index in [2.05, 4.69) is 18.5 Å². The van der Waals surface area contributed by atoms with Crippen LogP contribution in [0.2, 0.25) is 0 Å². The lowest BCUT2D eigenvalue weighted by molar-refractivity contribution is 0.475. The van der Waals surface area contributed by atoms with Crippen LogP contribution in [0.3, 0.4) is 0 Å². The van der Waals surface area contributed by atoms with Gasteiger partial charge in [-0.3, -0.25) is 0 Å². The topological polar surface area (TPSA) is 12.0 Å². The maximum atomic E-state index is 13.7. The largest absolute Gasteiger partial charge is 0.310 e. The Morgan fingerprint density at radius 2 is 1.89 bits per heavy atom. The van der Waals surface area contributed by atoms with Crippen molar-refractivity contribution in [2.24, 2.45) is 0 Å². The molecule has 1 nitrogen and oxygen atoms in total. The summed E-state index contributed by atoms with van der Waals surface area (Å²) in [6.07, 6.45) is 8.14. The summed E-state index contributed by atoms with van der Waals surface area (Å²) in [6, 6.07) is 7.23. The zero-order valence-electron chi connectivity index (χ0n) is 12.1. The molecule has 0 aromatic heterocycles. The third-order valence-electron chi connectivity index (χ3n) is 3.35. The summed E-state index contributed by atoms with van der Waals surface area (Å²) in [5.74, 6) is 1.17. The van der Waals surface area contributed by atoms with Gasteiger partial charge in [-0.15, -0.1) is 0 Å². The average molecular weight is 283 g/mol. The van der Waals surface area contributed by atoms with Gasteiger partial charge in [0.05, 0.1) is 0 Å². The molecule has 0 saturated heterocycles. The highest BCUT2D eigenvalue weighted by Crippen LogP contribution is 2.19. The lowest BCUT2D eigenvalue weighted by Crippen LogP contribution is -2.22. The van der Waals surface area contributed by atoms with Gasteiger partial charge in [0.1, 0.15) is 5.82 Å². The first-order valence-corrected chi connectivity index (χ1v) is 8.65. The molecule has 1 N–H and O–H groups in total. The fraction of sp³-hybridized carbons (Fsp3) is 0.625. The number of unbranched alkanes of at least 4 members (excludes halogenated alkanes) is 3. The highest BCUT2D eigenvalue weighted by Gasteiger charge is 2.11. The molecule has 0 aliphatic carbocycles. The zero-order valence-corrected chi connectivity index (χ0v) is 12.9. The molecule has 0 aliphatic heterocycles. The highest BCUT2D eigenvalue weighted by atomic mass is 32.2. The van der Waals surface area contributed by atoms with E-state index in [-0.39, 0.29) is 11.9 Å². The van der Waals surface area contributed by atoms with Crippen LogP contribution in [0.4, 0.5) is 4.39 Å². The lowest BCUT2D eigenvalue weighted by atomic mass is 10.0. The molecule has 19 heavy (non-hydrogen) atoms. The fourth-order valence-corrected chi connectivity index (χ4v) is 2.73. The molecule has 1 atom stereocenters. The Morgan fingerprint density at radius 1 is 1.16 bits per heavy atom. The maximum absolute atomic E-state index is 13.7. The van der Waals surface area contributed by atoms with Crippen molar-refractivity contribution in [3.63, 3.8) is 0 Å². The Hall–Kier alpha value is -0.540. The normalized spacial score (nSPS) is 12.6. The molecule has 1 aromatic rings. The molecule has 108 valence electrons. The molecule has 0 amide bonds. The molecule has 1 rings (SSSR count). The monoisotopic (exact) mass is 283 g/mol. The van der Waals surface area contributed by atoms with E-state index in [4.69, 9.17) is 0 Å². The van der Waals surface area contributed by atoms with Crippen molar-refractivity contribution in [3.8, 4) is 0 Å². The molecule has 3 heteroatoms. The predicted octanol–water partition coefficient (Wildman–Crippen LogP) is 4.79. The molecule has 0 fully saturated rings. The fourth-order valence-electron chi connectivity index (χ4n) is 2.23. The quantitative estimate of drug-likeness (QED) is 0.620. The van der Waals surface area contributed by atoms with Gasteiger partial charge in [-0.2, -0.15) is 11.8 Å². The molecule has 1 aromatic carbocycles. The third kappa shape index (κ3) is 6.44. The number of thioether (sulfide) groups is 1. The average Bonchev–Trinajstić information content (AvgIpc) is 2.43. The van der Waals surface area contributed by atoms with Gasteiger partial charge in [-0.05, 0) is 43.9 Å². The molecule has 0 radical (unpaired) electrons. The van der Waals surface area contributed by atoms with Crippen LogP contribution in [-0.2, 0) is 0 Å². The van der Waals surface area contributed by atoms with Crippen LogP contribution in [0.5, 0.6) is 0 Å². The Kier molecular flexibility index (Phi) is 8.93. The summed E-state index contributed by atoms with van der Waals surface area (Å²) in [6.45, 7) is 3.08. The van der Waals surface area contributed by atoms with Gasteiger partial charge in [0.25, 0.3) is 0 Å². The van der Waals surface area contributed by atoms with Gasteiger partial charge in [-0.25, -0.2) is 4.39 Å². The van der Waals surface area contributed by atoms with E-state index in [0.29, 0.717) is 0 Å². The van der Waals surface area contributed by atoms with Gasteiger partial charge in [0.15, 0.2) is 0 Å². The van der Waals surface area contributed by atoms with E-state index in [1.54, 1.807) is 12.1 Å². The van der Waals surface area contributed by atoms with Crippen LogP contribution in [0.1, 0.15) is 50.6 Å². The predicted molar refractivity (Wildman–Crippen MR) is 84.3 cm³/mol. The summed E-state index contributed by atoms with van der Waals surface area (Å²) in [4.78, 5) is 0. The van der Waals surface area contributed by atoms with Gasteiger partial charge < -0.3 is 5.32 Å². The Balaban J connectivity index is 2.24. The number of hydrogen-bond acceptors (Lipinski definition) is 2. The second-order valence-electron chi connectivity index (χ2n) is 4.84. The van der Waals surface area contributed by atoms with Crippen LogP contribution in [0.15, 0.2) is 24.3 Å². The van der Waals surface area contributed by atoms with Crippen molar-refractivity contribution in [1.29, 1.82) is 0 Å². The van der Waals surface area contributed by atoms with E-state index in [1.807, 2.05) is 23.9 Å². The minimum absolute atomic E-state index is 0.0955. The first-order chi connectivity index (χ1) is 9.29. The summed E-state index contributed by atoms with van der Waals surface area (Å²) in [7, 11) is 0. The lowest BCUT2D eigenvalue weighted by Gasteiger charge is -2.18. The van der Waals surface area contributed by atoms with Crippen molar-refractivity contribution >= 4 is 11.8 Å². The first kappa shape index (κ1) is 16.5. The molecular formula is C16H26FNS. The van der Waals surface area contributed by atoms with Crippen molar-refractivity contribution in [2.75, 3.05) is 18.6 Å². The molecule has 0 saturated carbocycles. The van der Waals surface area contributed by atoms with Gasteiger partial charge in [0.2, 0.25) is 0 Å². The van der Waals surface area contributed by atoms with Gasteiger partial charge in [-0.1, -0.05) is 38.0 Å². The maximum Gasteiger partial charge on any atom is 0.127 e. The number of benzene rings is 1. The third-order valence-corrected chi connectivity index (χ3v) is 4.05. The Labute approximate surface area is 121 Å². The van der Waals surface area contributed by atoms with E-state index in [9.17, 15) is 4.39 Å². The molecule has 0 bridgehead atoms. The number of hydrogen-bond donors (Lipinski definition) is 1. The minimum atomic E-state index is -0.0955. The second kappa shape index (κ2) is 10.3. The summed E-state index contributed by atoms with van der Waals surface area (Å²) in [5, 5.41) is 3.47. The van der Waals surface area contributed by atoms with Gasteiger partial charge >= 0.3 is 0 Å². The summed E-state index contributed by atoms with van der Waals surface area (Å²) < 4.78 is 13.7. The van der Waals surface area contributed by atoms with E-state index < -0.39 is 0 Å². The standard InChI is InChI=1S/C16H26FNS/c1-3-16(14-10-6-7-11-15(14)17)18-12-8-4-5-9-13-19-2/h6-7,10-11,16,18H,3-5,8-9,12-13H2,1-2H3. The number of halogens is 1. The SMILES string of the molecule is CCC(NCCCCCCSC)c1ccccc1F. The molecule has 0 heterocycles. The molecule has 0 aliphatic rings. The summed E-state index contributed by atoms with van der Waals surface area (Å²) >= 11 is 1.92. The number of rotatable bonds is 10. The minimum Gasteiger partial charge on any atom is -0.310 e. The summed E-state index contributed by atoms with van der Waals surface area (Å²) in [5.41, 5.74) is 0.799. The Bertz CT molecular complexity index is 343. The van der Waals surface area contributed by atoms with Crippen LogP contribution < -0.4 is 5.32 Å². The van der Waals surface area contributed by atoms with Gasteiger partial charge in [0, 0.05) is 11.6 Å². The highest BCUT2D eigenvalue weighted by molar-refractivity contribution is 7.98. The van der Waals surface area contributed by atoms with E-state index in [0.717, 1.165) is 18.5 Å². The first-order valence-electron chi connectivity index (χ1n) is 7.26. The van der Waals surface area contributed by atoms with Crippen LogP contribution in [-0.4, -0.2) is 18.6 Å². The van der Waals surface area contributed by atoms with E-state index in [1.165, 1.54) is 31.4 Å². The van der Waals surface area contributed by atoms with Crippen LogP contribution in [0, 0.1) is 5.82 Å². The molecular weight excluding hydrogens is 257 g/mol. The van der Waals surface area contributed by atoms with E-state index >= 15 is 0 Å². The second-order valence-corrected chi connectivity index (χ2v) is 5.83. The molecule has 1 unspecified atom stereocenters. The molecule has 0 spiro atoms. The number of nitrogens with one attached hydrogen (secondary N) is 1.